The Bertz CT molecular complexity index is 595. The molecule has 1 aromatic rings. The predicted molar refractivity (Wildman–Crippen MR) is 71.5 cm³/mol. The number of halogens is 1. The second-order valence-corrected chi connectivity index (χ2v) is 5.64. The van der Waals surface area contributed by atoms with E-state index in [1.165, 1.54) is 0 Å². The lowest BCUT2D eigenvalue weighted by Gasteiger charge is -2.44. The smallest absolute Gasteiger partial charge is 0.276 e. The molecule has 1 heterocycles. The Morgan fingerprint density at radius 2 is 1.84 bits per heavy atom. The van der Waals surface area contributed by atoms with Crippen molar-refractivity contribution in [2.24, 2.45) is 5.41 Å². The maximum absolute atomic E-state index is 12.5. The molecule has 1 saturated carbocycles. The molecule has 0 aromatic heterocycles. The first-order valence-electron chi connectivity index (χ1n) is 6.01. The number of amides is 4. The Morgan fingerprint density at radius 1 is 1.16 bits per heavy atom. The lowest BCUT2D eigenvalue weighted by molar-refractivity contribution is -0.148. The third kappa shape index (κ3) is 1.63. The largest absolute Gasteiger partial charge is 0.335 e. The van der Waals surface area contributed by atoms with Crippen LogP contribution in [0, 0.1) is 5.41 Å². The van der Waals surface area contributed by atoms with Gasteiger partial charge in [0.15, 0.2) is 0 Å². The van der Waals surface area contributed by atoms with Crippen LogP contribution in [0.1, 0.15) is 19.3 Å². The van der Waals surface area contributed by atoms with Gasteiger partial charge in [-0.15, -0.1) is 0 Å². The molecular formula is C13H11BrN2O3. The van der Waals surface area contributed by atoms with Crippen LogP contribution in [0.3, 0.4) is 0 Å². The zero-order valence-corrected chi connectivity index (χ0v) is 11.6. The van der Waals surface area contributed by atoms with Crippen molar-refractivity contribution in [3.63, 3.8) is 0 Å². The average molecular weight is 323 g/mol. The number of hydrogen-bond acceptors (Lipinski definition) is 3. The molecule has 0 bridgehead atoms. The quantitative estimate of drug-likeness (QED) is 0.806. The summed E-state index contributed by atoms with van der Waals surface area (Å²) in [7, 11) is 0. The van der Waals surface area contributed by atoms with Crippen molar-refractivity contribution in [2.45, 2.75) is 19.3 Å². The van der Waals surface area contributed by atoms with Crippen LogP contribution in [0.4, 0.5) is 10.5 Å². The fraction of sp³-hybridized carbons (Fsp3) is 0.308. The van der Waals surface area contributed by atoms with Gasteiger partial charge in [0.1, 0.15) is 5.41 Å². The molecule has 1 aliphatic heterocycles. The predicted octanol–water partition coefficient (Wildman–Crippen LogP) is 2.20. The topological polar surface area (TPSA) is 66.5 Å². The fourth-order valence-electron chi connectivity index (χ4n) is 2.50. The summed E-state index contributed by atoms with van der Waals surface area (Å²) in [5.41, 5.74) is -0.577. The van der Waals surface area contributed by atoms with Gasteiger partial charge in [-0.2, -0.15) is 0 Å². The fourth-order valence-corrected chi connectivity index (χ4v) is 2.96. The third-order valence-electron chi connectivity index (χ3n) is 3.77. The van der Waals surface area contributed by atoms with Crippen LogP contribution in [0.5, 0.6) is 0 Å². The number of para-hydroxylation sites is 1. The van der Waals surface area contributed by atoms with Crippen LogP contribution in [0.15, 0.2) is 28.7 Å². The van der Waals surface area contributed by atoms with E-state index >= 15 is 0 Å². The normalized spacial score (nSPS) is 21.3. The van der Waals surface area contributed by atoms with Crippen LogP contribution >= 0.6 is 15.9 Å². The van der Waals surface area contributed by atoms with E-state index in [0.29, 0.717) is 23.0 Å². The molecule has 2 fully saturated rings. The molecule has 2 aliphatic rings. The molecule has 0 atom stereocenters. The zero-order chi connectivity index (χ0) is 13.6. The van der Waals surface area contributed by atoms with Gasteiger partial charge in [-0.1, -0.05) is 18.6 Å². The summed E-state index contributed by atoms with van der Waals surface area (Å²) < 4.78 is 0.641. The van der Waals surface area contributed by atoms with Crippen molar-refractivity contribution in [1.29, 1.82) is 0 Å². The number of carbonyl (C=O) groups excluding carboxylic acids is 3. The first-order chi connectivity index (χ1) is 9.06. The van der Waals surface area contributed by atoms with E-state index in [2.05, 4.69) is 21.2 Å². The zero-order valence-electron chi connectivity index (χ0n) is 9.98. The number of carbonyl (C=O) groups is 3. The number of rotatable bonds is 1. The molecular weight excluding hydrogens is 312 g/mol. The third-order valence-corrected chi connectivity index (χ3v) is 4.44. The van der Waals surface area contributed by atoms with Gasteiger partial charge in [0.05, 0.1) is 5.69 Å². The van der Waals surface area contributed by atoms with Crippen LogP contribution in [0.25, 0.3) is 0 Å². The molecule has 1 saturated heterocycles. The number of nitrogens with zero attached hydrogens (tertiary/aromatic N) is 1. The lowest BCUT2D eigenvalue weighted by Crippen LogP contribution is -2.66. The van der Waals surface area contributed by atoms with Gasteiger partial charge in [-0.25, -0.2) is 9.69 Å². The molecule has 5 nitrogen and oxygen atoms in total. The van der Waals surface area contributed by atoms with Gasteiger partial charge in [0.25, 0.3) is 5.91 Å². The molecule has 4 amide bonds. The van der Waals surface area contributed by atoms with Crippen molar-refractivity contribution in [3.05, 3.63) is 28.7 Å². The monoisotopic (exact) mass is 322 g/mol. The highest BCUT2D eigenvalue weighted by atomic mass is 79.9. The summed E-state index contributed by atoms with van der Waals surface area (Å²) in [4.78, 5) is 37.4. The summed E-state index contributed by atoms with van der Waals surface area (Å²) in [6.07, 6.45) is 1.84. The summed E-state index contributed by atoms with van der Waals surface area (Å²) in [6, 6.07) is 6.28. The van der Waals surface area contributed by atoms with Crippen molar-refractivity contribution in [3.8, 4) is 0 Å². The van der Waals surface area contributed by atoms with Crippen LogP contribution in [0.2, 0.25) is 0 Å². The van der Waals surface area contributed by atoms with E-state index < -0.39 is 23.3 Å². The minimum Gasteiger partial charge on any atom is -0.276 e. The molecule has 0 radical (unpaired) electrons. The molecule has 1 aliphatic carbocycles. The summed E-state index contributed by atoms with van der Waals surface area (Å²) in [5, 5.41) is 2.28. The number of imide groups is 2. The number of benzene rings is 1. The molecule has 3 rings (SSSR count). The van der Waals surface area contributed by atoms with Crippen LogP contribution in [-0.2, 0) is 9.59 Å². The van der Waals surface area contributed by atoms with E-state index in [-0.39, 0.29) is 0 Å². The van der Waals surface area contributed by atoms with Crippen molar-refractivity contribution in [1.82, 2.24) is 5.32 Å². The minimum atomic E-state index is -1.04. The van der Waals surface area contributed by atoms with E-state index in [1.54, 1.807) is 24.3 Å². The van der Waals surface area contributed by atoms with Gasteiger partial charge < -0.3 is 0 Å². The lowest BCUT2D eigenvalue weighted by atomic mass is 9.66. The van der Waals surface area contributed by atoms with Crippen molar-refractivity contribution < 1.29 is 14.4 Å². The maximum atomic E-state index is 12.5. The first kappa shape index (κ1) is 12.3. The van der Waals surface area contributed by atoms with Gasteiger partial charge in [-0.3, -0.25) is 14.9 Å². The van der Waals surface area contributed by atoms with E-state index in [9.17, 15) is 14.4 Å². The molecule has 6 heteroatoms. The van der Waals surface area contributed by atoms with Crippen LogP contribution < -0.4 is 10.2 Å². The Labute approximate surface area is 118 Å². The van der Waals surface area contributed by atoms with Gasteiger partial charge in [0, 0.05) is 4.47 Å². The molecule has 1 spiro atoms. The molecule has 0 unspecified atom stereocenters. The van der Waals surface area contributed by atoms with Gasteiger partial charge >= 0.3 is 6.03 Å². The second kappa shape index (κ2) is 4.16. The first-order valence-corrected chi connectivity index (χ1v) is 6.80. The molecule has 1 aromatic carbocycles. The number of anilines is 1. The summed E-state index contributed by atoms with van der Waals surface area (Å²) in [6.45, 7) is 0. The van der Waals surface area contributed by atoms with Gasteiger partial charge in [-0.05, 0) is 40.9 Å². The standard InChI is InChI=1S/C13H11BrN2O3/c14-8-4-1-2-5-9(8)16-11(18)13(6-3-7-13)10(17)15-12(16)19/h1-2,4-5H,3,6-7H2,(H,15,17,19). The van der Waals surface area contributed by atoms with Crippen molar-refractivity contribution >= 4 is 39.5 Å². The number of hydrogen-bond donors (Lipinski definition) is 1. The van der Waals surface area contributed by atoms with Gasteiger partial charge in [0.2, 0.25) is 5.91 Å². The number of nitrogens with one attached hydrogen (secondary N) is 1. The Kier molecular flexibility index (Phi) is 2.70. The van der Waals surface area contributed by atoms with Crippen molar-refractivity contribution in [2.75, 3.05) is 4.90 Å². The average Bonchev–Trinajstić information content (AvgIpc) is 2.29. The highest BCUT2D eigenvalue weighted by molar-refractivity contribution is 9.10. The summed E-state index contributed by atoms with van der Waals surface area (Å²) in [5.74, 6) is -0.878. The Balaban J connectivity index is 2.06. The number of barbiturate groups is 1. The summed E-state index contributed by atoms with van der Waals surface area (Å²) >= 11 is 3.32. The SMILES string of the molecule is O=C1NC(=O)C2(CCC2)C(=O)N1c1ccccc1Br. The van der Waals surface area contributed by atoms with E-state index in [0.717, 1.165) is 11.3 Å². The molecule has 98 valence electrons. The minimum absolute atomic E-state index is 0.417. The van der Waals surface area contributed by atoms with Crippen LogP contribution in [-0.4, -0.2) is 17.8 Å². The highest BCUT2D eigenvalue weighted by Gasteiger charge is 2.57. The number of urea groups is 1. The Hall–Kier alpha value is -1.69. The molecule has 1 N–H and O–H groups in total. The van der Waals surface area contributed by atoms with E-state index in [1.807, 2.05) is 0 Å². The molecule has 19 heavy (non-hydrogen) atoms. The van der Waals surface area contributed by atoms with E-state index in [4.69, 9.17) is 0 Å². The Morgan fingerprint density at radius 3 is 2.42 bits per heavy atom. The maximum Gasteiger partial charge on any atom is 0.335 e. The second-order valence-electron chi connectivity index (χ2n) is 4.79. The highest BCUT2D eigenvalue weighted by Crippen LogP contribution is 2.45.